The number of rotatable bonds is 3. The molecule has 3 atom stereocenters. The summed E-state index contributed by atoms with van der Waals surface area (Å²) in [6, 6.07) is 1.51. The van der Waals surface area contributed by atoms with Crippen molar-refractivity contribution in [1.29, 1.82) is 0 Å². The lowest BCUT2D eigenvalue weighted by Gasteiger charge is -2.35. The van der Waals surface area contributed by atoms with Crippen LogP contribution in [0.2, 0.25) is 0 Å². The van der Waals surface area contributed by atoms with Crippen molar-refractivity contribution < 1.29 is 10.0 Å². The minimum atomic E-state index is -0.655. The summed E-state index contributed by atoms with van der Waals surface area (Å²) < 4.78 is 0. The van der Waals surface area contributed by atoms with Crippen molar-refractivity contribution in [3.8, 4) is 0 Å². The first-order valence-corrected chi connectivity index (χ1v) is 7.41. The maximum atomic E-state index is 11.2. The highest BCUT2D eigenvalue weighted by Crippen LogP contribution is 2.42. The van der Waals surface area contributed by atoms with Gasteiger partial charge in [-0.3, -0.25) is 10.1 Å². The minimum Gasteiger partial charge on any atom is -0.388 e. The molecule has 1 N–H and O–H groups in total. The van der Waals surface area contributed by atoms with Crippen LogP contribution in [0.25, 0.3) is 0 Å². The second kappa shape index (κ2) is 5.46. The largest absolute Gasteiger partial charge is 0.388 e. The van der Waals surface area contributed by atoms with Gasteiger partial charge in [-0.25, -0.2) is 0 Å². The van der Waals surface area contributed by atoms with E-state index in [0.29, 0.717) is 21.7 Å². The molecule has 19 heavy (non-hydrogen) atoms. The molecule has 1 aromatic rings. The lowest BCUT2D eigenvalue weighted by Crippen LogP contribution is -2.38. The smallest absolute Gasteiger partial charge is 0.304 e. The second-order valence-electron chi connectivity index (χ2n) is 5.62. The Bertz CT molecular complexity index is 462. The fraction of sp³-hybridized carbons (Fsp3) is 0.692. The number of thiophene rings is 1. The molecule has 106 valence electrons. The maximum Gasteiger partial charge on any atom is 0.304 e. The topological polar surface area (TPSA) is 66.6 Å². The van der Waals surface area contributed by atoms with E-state index in [-0.39, 0.29) is 10.6 Å². The molecule has 1 fully saturated rings. The van der Waals surface area contributed by atoms with E-state index in [1.54, 1.807) is 6.92 Å². The Labute approximate surface area is 117 Å². The van der Waals surface area contributed by atoms with Crippen molar-refractivity contribution in [2.75, 3.05) is 18.0 Å². The van der Waals surface area contributed by atoms with Crippen LogP contribution in [-0.4, -0.2) is 23.1 Å². The monoisotopic (exact) mass is 284 g/mol. The predicted molar refractivity (Wildman–Crippen MR) is 76.8 cm³/mol. The molecule has 1 aromatic heterocycles. The number of nitrogens with zero attached hydrogens (tertiary/aromatic N) is 2. The second-order valence-corrected chi connectivity index (χ2v) is 6.69. The van der Waals surface area contributed by atoms with Crippen molar-refractivity contribution in [3.63, 3.8) is 0 Å². The van der Waals surface area contributed by atoms with Gasteiger partial charge in [0.15, 0.2) is 5.00 Å². The highest BCUT2D eigenvalue weighted by Gasteiger charge is 2.30. The Kier molecular flexibility index (Phi) is 4.10. The third kappa shape index (κ3) is 3.06. The van der Waals surface area contributed by atoms with Gasteiger partial charge in [0.2, 0.25) is 0 Å². The van der Waals surface area contributed by atoms with E-state index in [2.05, 4.69) is 18.7 Å². The lowest BCUT2D eigenvalue weighted by molar-refractivity contribution is -0.383. The molecule has 0 amide bonds. The number of piperidine rings is 1. The molecule has 0 bridgehead atoms. The summed E-state index contributed by atoms with van der Waals surface area (Å²) in [6.07, 6.45) is 0.510. The van der Waals surface area contributed by atoms with Crippen molar-refractivity contribution in [2.24, 2.45) is 11.8 Å². The summed E-state index contributed by atoms with van der Waals surface area (Å²) in [4.78, 5) is 13.6. The number of aliphatic hydroxyl groups excluding tert-OH is 1. The standard InChI is InChI=1S/C13H20N2O3S/c1-8-4-9(2)7-14(6-8)13-11(15(17)18)5-12(19-13)10(3)16/h5,8-10,16H,4,6-7H2,1-3H3/t8?,9?,10-/m0/s1. The number of hydrogen-bond acceptors (Lipinski definition) is 5. The first kappa shape index (κ1) is 14.3. The fourth-order valence-corrected chi connectivity index (χ4v) is 3.86. The molecule has 1 aliphatic rings. The summed E-state index contributed by atoms with van der Waals surface area (Å²) >= 11 is 1.34. The van der Waals surface area contributed by atoms with Gasteiger partial charge in [-0.15, -0.1) is 11.3 Å². The quantitative estimate of drug-likeness (QED) is 0.683. The van der Waals surface area contributed by atoms with Gasteiger partial charge in [-0.05, 0) is 25.2 Å². The number of anilines is 1. The zero-order valence-electron chi connectivity index (χ0n) is 11.5. The Morgan fingerprint density at radius 3 is 2.53 bits per heavy atom. The molecule has 2 rings (SSSR count). The number of aliphatic hydroxyl groups is 1. The number of nitro groups is 1. The summed E-state index contributed by atoms with van der Waals surface area (Å²) in [5.41, 5.74) is 0.127. The van der Waals surface area contributed by atoms with Crippen LogP contribution >= 0.6 is 11.3 Å². The zero-order valence-corrected chi connectivity index (χ0v) is 12.3. The molecule has 0 spiro atoms. The summed E-state index contributed by atoms with van der Waals surface area (Å²) in [5, 5.41) is 21.5. The van der Waals surface area contributed by atoms with Crippen molar-refractivity contribution in [2.45, 2.75) is 33.3 Å². The molecule has 1 saturated heterocycles. The van der Waals surface area contributed by atoms with Crippen LogP contribution in [0.3, 0.4) is 0 Å². The number of hydrogen-bond donors (Lipinski definition) is 1. The molecule has 6 heteroatoms. The highest BCUT2D eigenvalue weighted by molar-refractivity contribution is 7.16. The van der Waals surface area contributed by atoms with Crippen molar-refractivity contribution in [1.82, 2.24) is 0 Å². The summed E-state index contributed by atoms with van der Waals surface area (Å²) in [6.45, 7) is 7.70. The van der Waals surface area contributed by atoms with Crippen LogP contribution in [-0.2, 0) is 0 Å². The molecule has 0 aliphatic carbocycles. The van der Waals surface area contributed by atoms with E-state index in [1.807, 2.05) is 0 Å². The van der Waals surface area contributed by atoms with Crippen LogP contribution in [0.5, 0.6) is 0 Å². The van der Waals surface area contributed by atoms with Gasteiger partial charge >= 0.3 is 5.69 Å². The molecule has 0 radical (unpaired) electrons. The van der Waals surface area contributed by atoms with Gasteiger partial charge in [0.1, 0.15) is 0 Å². The molecular formula is C13H20N2O3S. The van der Waals surface area contributed by atoms with E-state index < -0.39 is 6.10 Å². The first-order chi connectivity index (χ1) is 8.88. The predicted octanol–water partition coefficient (Wildman–Crippen LogP) is 3.19. The molecule has 0 aromatic carbocycles. The zero-order chi connectivity index (χ0) is 14.2. The van der Waals surface area contributed by atoms with Crippen LogP contribution < -0.4 is 4.90 Å². The summed E-state index contributed by atoms with van der Waals surface area (Å²) in [5.74, 6) is 1.08. The molecule has 2 heterocycles. The van der Waals surface area contributed by atoms with Gasteiger partial charge in [0, 0.05) is 24.0 Å². The SMILES string of the molecule is CC1CC(C)CN(c2sc([C@H](C)O)cc2[N+](=O)[O-])C1. The maximum absolute atomic E-state index is 11.2. The molecular weight excluding hydrogens is 264 g/mol. The highest BCUT2D eigenvalue weighted by atomic mass is 32.1. The third-order valence-corrected chi connectivity index (χ3v) is 4.83. The van der Waals surface area contributed by atoms with Gasteiger partial charge < -0.3 is 10.0 Å². The van der Waals surface area contributed by atoms with Gasteiger partial charge in [-0.2, -0.15) is 0 Å². The average molecular weight is 284 g/mol. The van der Waals surface area contributed by atoms with E-state index >= 15 is 0 Å². The van der Waals surface area contributed by atoms with E-state index in [4.69, 9.17) is 0 Å². The third-order valence-electron chi connectivity index (χ3n) is 3.48. The van der Waals surface area contributed by atoms with Crippen LogP contribution in [0.4, 0.5) is 10.7 Å². The Morgan fingerprint density at radius 1 is 1.47 bits per heavy atom. The van der Waals surface area contributed by atoms with Gasteiger partial charge in [-0.1, -0.05) is 13.8 Å². The van der Waals surface area contributed by atoms with E-state index in [1.165, 1.54) is 23.8 Å². The molecule has 5 nitrogen and oxygen atoms in total. The molecule has 0 saturated carbocycles. The van der Waals surface area contributed by atoms with Crippen molar-refractivity contribution >= 4 is 22.0 Å². The molecule has 2 unspecified atom stereocenters. The Balaban J connectivity index is 2.34. The van der Waals surface area contributed by atoms with E-state index in [9.17, 15) is 15.2 Å². The minimum absolute atomic E-state index is 0.127. The lowest BCUT2D eigenvalue weighted by atomic mass is 9.92. The van der Waals surface area contributed by atoms with Gasteiger partial charge in [0.25, 0.3) is 0 Å². The Morgan fingerprint density at radius 2 is 2.05 bits per heavy atom. The first-order valence-electron chi connectivity index (χ1n) is 6.59. The van der Waals surface area contributed by atoms with Crippen LogP contribution in [0.15, 0.2) is 6.07 Å². The van der Waals surface area contributed by atoms with Gasteiger partial charge in [0.05, 0.1) is 11.0 Å². The van der Waals surface area contributed by atoms with Crippen LogP contribution in [0, 0.1) is 22.0 Å². The summed E-state index contributed by atoms with van der Waals surface area (Å²) in [7, 11) is 0. The molecule has 1 aliphatic heterocycles. The van der Waals surface area contributed by atoms with Crippen molar-refractivity contribution in [3.05, 3.63) is 21.1 Å². The van der Waals surface area contributed by atoms with Crippen LogP contribution in [0.1, 0.15) is 38.2 Å². The Hall–Kier alpha value is -1.14. The van der Waals surface area contributed by atoms with E-state index in [0.717, 1.165) is 13.1 Å². The normalized spacial score (nSPS) is 25.4. The average Bonchev–Trinajstić information content (AvgIpc) is 2.72. The fourth-order valence-electron chi connectivity index (χ4n) is 2.78.